The summed E-state index contributed by atoms with van der Waals surface area (Å²) < 4.78 is 0. The Morgan fingerprint density at radius 3 is 2.18 bits per heavy atom. The maximum Gasteiger partial charge on any atom is 0.0807 e. The van der Waals surface area contributed by atoms with Gasteiger partial charge in [-0.1, -0.05) is 13.8 Å². The molecule has 0 saturated heterocycles. The van der Waals surface area contributed by atoms with Crippen LogP contribution in [0.2, 0.25) is 0 Å². The molecule has 1 saturated carbocycles. The summed E-state index contributed by atoms with van der Waals surface area (Å²) in [7, 11) is 0. The SMILES string of the molecule is CC1(C)C(CO)C1C(O)CO. The van der Waals surface area contributed by atoms with Gasteiger partial charge in [-0.3, -0.25) is 0 Å². The first-order chi connectivity index (χ1) is 5.05. The van der Waals surface area contributed by atoms with Crippen molar-refractivity contribution in [2.75, 3.05) is 13.2 Å². The van der Waals surface area contributed by atoms with E-state index in [-0.39, 0.29) is 30.5 Å². The minimum atomic E-state index is -0.665. The number of hydrogen-bond acceptors (Lipinski definition) is 3. The Kier molecular flexibility index (Phi) is 2.23. The average Bonchev–Trinajstić information content (AvgIpc) is 2.51. The van der Waals surface area contributed by atoms with E-state index in [9.17, 15) is 5.11 Å². The van der Waals surface area contributed by atoms with Crippen molar-refractivity contribution in [1.29, 1.82) is 0 Å². The predicted octanol–water partition coefficient (Wildman–Crippen LogP) is -0.396. The van der Waals surface area contributed by atoms with Crippen molar-refractivity contribution in [3.63, 3.8) is 0 Å². The van der Waals surface area contributed by atoms with Crippen LogP contribution in [0, 0.1) is 17.3 Å². The van der Waals surface area contributed by atoms with E-state index in [1.165, 1.54) is 0 Å². The van der Waals surface area contributed by atoms with E-state index in [0.717, 1.165) is 0 Å². The van der Waals surface area contributed by atoms with E-state index in [4.69, 9.17) is 10.2 Å². The fourth-order valence-corrected chi connectivity index (χ4v) is 2.01. The highest BCUT2D eigenvalue weighted by atomic mass is 16.3. The highest BCUT2D eigenvalue weighted by molar-refractivity contribution is 5.07. The Morgan fingerprint density at radius 1 is 1.36 bits per heavy atom. The highest BCUT2D eigenvalue weighted by Crippen LogP contribution is 2.59. The number of hydrogen-bond donors (Lipinski definition) is 3. The summed E-state index contributed by atoms with van der Waals surface area (Å²) in [5.74, 6) is 0.224. The molecule has 0 radical (unpaired) electrons. The summed E-state index contributed by atoms with van der Waals surface area (Å²) in [4.78, 5) is 0. The van der Waals surface area contributed by atoms with E-state index in [2.05, 4.69) is 0 Å². The van der Waals surface area contributed by atoms with Gasteiger partial charge in [0.25, 0.3) is 0 Å². The third kappa shape index (κ3) is 1.28. The van der Waals surface area contributed by atoms with E-state index in [1.54, 1.807) is 0 Å². The second-order valence-electron chi connectivity index (χ2n) is 3.89. The maximum atomic E-state index is 9.27. The smallest absolute Gasteiger partial charge is 0.0807 e. The Hall–Kier alpha value is -0.120. The fourth-order valence-electron chi connectivity index (χ4n) is 2.01. The average molecular weight is 160 g/mol. The van der Waals surface area contributed by atoms with Crippen LogP contribution in [0.4, 0.5) is 0 Å². The van der Waals surface area contributed by atoms with Crippen molar-refractivity contribution in [2.24, 2.45) is 17.3 Å². The standard InChI is InChI=1S/C8H16O3/c1-8(2)5(3-9)7(8)6(11)4-10/h5-7,9-11H,3-4H2,1-2H3. The first-order valence-corrected chi connectivity index (χ1v) is 3.95. The van der Waals surface area contributed by atoms with E-state index < -0.39 is 6.10 Å². The molecule has 0 bridgehead atoms. The van der Waals surface area contributed by atoms with Crippen molar-refractivity contribution in [3.8, 4) is 0 Å². The summed E-state index contributed by atoms with van der Waals surface area (Å²) in [6, 6.07) is 0. The van der Waals surface area contributed by atoms with Gasteiger partial charge in [-0.2, -0.15) is 0 Å². The molecule has 0 amide bonds. The van der Waals surface area contributed by atoms with E-state index in [0.29, 0.717) is 0 Å². The molecule has 0 aromatic heterocycles. The molecular formula is C8H16O3. The number of aliphatic hydroxyl groups is 3. The Morgan fingerprint density at radius 2 is 1.91 bits per heavy atom. The van der Waals surface area contributed by atoms with Crippen LogP contribution >= 0.6 is 0 Å². The van der Waals surface area contributed by atoms with Crippen LogP contribution < -0.4 is 0 Å². The Balaban J connectivity index is 2.51. The lowest BCUT2D eigenvalue weighted by atomic mass is 10.1. The van der Waals surface area contributed by atoms with Crippen LogP contribution in [-0.2, 0) is 0 Å². The van der Waals surface area contributed by atoms with Gasteiger partial charge in [0.1, 0.15) is 0 Å². The van der Waals surface area contributed by atoms with Crippen molar-refractivity contribution in [1.82, 2.24) is 0 Å². The first-order valence-electron chi connectivity index (χ1n) is 3.95. The monoisotopic (exact) mass is 160 g/mol. The zero-order valence-corrected chi connectivity index (χ0v) is 6.99. The number of rotatable bonds is 3. The fraction of sp³-hybridized carbons (Fsp3) is 1.00. The Bertz CT molecular complexity index is 144. The lowest BCUT2D eigenvalue weighted by Crippen LogP contribution is -2.18. The minimum Gasteiger partial charge on any atom is -0.396 e. The molecule has 0 aromatic rings. The molecule has 3 N–H and O–H groups in total. The van der Waals surface area contributed by atoms with Gasteiger partial charge in [0.15, 0.2) is 0 Å². The molecule has 1 fully saturated rings. The molecule has 0 aliphatic heterocycles. The zero-order chi connectivity index (χ0) is 8.65. The van der Waals surface area contributed by atoms with Crippen LogP contribution in [-0.4, -0.2) is 34.6 Å². The molecule has 1 aliphatic rings. The first kappa shape index (κ1) is 8.97. The highest BCUT2D eigenvalue weighted by Gasteiger charge is 2.59. The molecule has 0 spiro atoms. The molecule has 66 valence electrons. The second-order valence-corrected chi connectivity index (χ2v) is 3.89. The summed E-state index contributed by atoms with van der Waals surface area (Å²) in [6.07, 6.45) is -0.665. The van der Waals surface area contributed by atoms with E-state index >= 15 is 0 Å². The Labute approximate surface area is 66.7 Å². The minimum absolute atomic E-state index is 0.00308. The van der Waals surface area contributed by atoms with Gasteiger partial charge in [-0.05, 0) is 17.3 Å². The molecule has 11 heavy (non-hydrogen) atoms. The third-order valence-electron chi connectivity index (χ3n) is 2.94. The molecule has 3 unspecified atom stereocenters. The summed E-state index contributed by atoms with van der Waals surface area (Å²) in [5, 5.41) is 26.8. The van der Waals surface area contributed by atoms with Crippen LogP contribution in [0.1, 0.15) is 13.8 Å². The molecule has 3 atom stereocenters. The lowest BCUT2D eigenvalue weighted by Gasteiger charge is -2.07. The molecule has 3 nitrogen and oxygen atoms in total. The summed E-state index contributed by atoms with van der Waals surface area (Å²) in [6.45, 7) is 3.90. The van der Waals surface area contributed by atoms with Gasteiger partial charge in [0.05, 0.1) is 12.7 Å². The van der Waals surface area contributed by atoms with Gasteiger partial charge in [-0.15, -0.1) is 0 Å². The third-order valence-corrected chi connectivity index (χ3v) is 2.94. The normalized spacial score (nSPS) is 36.8. The zero-order valence-electron chi connectivity index (χ0n) is 6.99. The van der Waals surface area contributed by atoms with Crippen molar-refractivity contribution in [2.45, 2.75) is 20.0 Å². The van der Waals surface area contributed by atoms with Gasteiger partial charge in [0, 0.05) is 6.61 Å². The van der Waals surface area contributed by atoms with Gasteiger partial charge >= 0.3 is 0 Å². The molecule has 1 rings (SSSR count). The van der Waals surface area contributed by atoms with Gasteiger partial charge in [0.2, 0.25) is 0 Å². The van der Waals surface area contributed by atoms with Crippen LogP contribution in [0.5, 0.6) is 0 Å². The van der Waals surface area contributed by atoms with Crippen molar-refractivity contribution in [3.05, 3.63) is 0 Å². The van der Waals surface area contributed by atoms with Gasteiger partial charge in [-0.25, -0.2) is 0 Å². The molecular weight excluding hydrogens is 144 g/mol. The van der Waals surface area contributed by atoms with E-state index in [1.807, 2.05) is 13.8 Å². The number of aliphatic hydroxyl groups excluding tert-OH is 3. The quantitative estimate of drug-likeness (QED) is 0.526. The van der Waals surface area contributed by atoms with Crippen LogP contribution in [0.3, 0.4) is 0 Å². The lowest BCUT2D eigenvalue weighted by molar-refractivity contribution is 0.0638. The molecule has 0 heterocycles. The van der Waals surface area contributed by atoms with Crippen molar-refractivity contribution < 1.29 is 15.3 Å². The van der Waals surface area contributed by atoms with Crippen molar-refractivity contribution >= 4 is 0 Å². The largest absolute Gasteiger partial charge is 0.396 e. The summed E-state index contributed by atoms with van der Waals surface area (Å²) >= 11 is 0. The maximum absolute atomic E-state index is 9.27. The summed E-state index contributed by atoms with van der Waals surface area (Å²) in [5.41, 5.74) is -0.00308. The van der Waals surface area contributed by atoms with Crippen LogP contribution in [0.25, 0.3) is 0 Å². The van der Waals surface area contributed by atoms with Crippen LogP contribution in [0.15, 0.2) is 0 Å². The molecule has 1 aliphatic carbocycles. The molecule has 0 aromatic carbocycles. The second kappa shape index (κ2) is 2.73. The topological polar surface area (TPSA) is 60.7 Å². The van der Waals surface area contributed by atoms with Gasteiger partial charge < -0.3 is 15.3 Å². The predicted molar refractivity (Wildman–Crippen MR) is 40.9 cm³/mol. The molecule has 3 heteroatoms.